The molecule has 35 heavy (non-hydrogen) atoms. The largest absolute Gasteiger partial charge is 0.349 e. The summed E-state index contributed by atoms with van der Waals surface area (Å²) in [6.45, 7) is 4.48. The molecule has 1 N–H and O–H groups in total. The number of carbonyl (C=O) groups is 2. The summed E-state index contributed by atoms with van der Waals surface area (Å²) in [5.74, 6) is 0.598. The van der Waals surface area contributed by atoms with E-state index in [0.29, 0.717) is 11.2 Å². The van der Waals surface area contributed by atoms with Crippen LogP contribution >= 0.6 is 11.3 Å². The summed E-state index contributed by atoms with van der Waals surface area (Å²) in [4.78, 5) is 26.0. The van der Waals surface area contributed by atoms with E-state index >= 15 is 0 Å². The van der Waals surface area contributed by atoms with Crippen LogP contribution in [0.5, 0.6) is 0 Å². The van der Waals surface area contributed by atoms with Crippen molar-refractivity contribution in [1.29, 1.82) is 0 Å². The van der Waals surface area contributed by atoms with Gasteiger partial charge in [-0.15, -0.1) is 11.3 Å². The first-order valence-corrected chi connectivity index (χ1v) is 13.3. The maximum Gasteiger partial charge on any atom is 0.254 e. The van der Waals surface area contributed by atoms with Gasteiger partial charge in [-0.05, 0) is 67.7 Å². The van der Waals surface area contributed by atoms with Crippen molar-refractivity contribution in [2.45, 2.75) is 52.1 Å². The van der Waals surface area contributed by atoms with Crippen molar-refractivity contribution in [1.82, 2.24) is 9.88 Å². The highest BCUT2D eigenvalue weighted by Gasteiger charge is 2.54. The molecule has 2 heterocycles. The molecule has 4 aromatic rings. The number of fused-ring (bicyclic) bond motifs is 1. The Morgan fingerprint density at radius 1 is 0.971 bits per heavy atom. The molecule has 2 aliphatic carbocycles. The summed E-state index contributed by atoms with van der Waals surface area (Å²) in [6, 6.07) is 21.4. The fraction of sp³-hybridized carbons (Fsp3) is 0.333. The van der Waals surface area contributed by atoms with Crippen LogP contribution in [0.1, 0.15) is 53.4 Å². The first-order valence-electron chi connectivity index (χ1n) is 12.4. The SMILES string of the molecule is Cc1sc2ccn(Cc3ccc(-c4ccccc4)cc3)c2c1C(=O)N[C@H]1CC2(C1)C[C@H](C(C)=O)C2. The number of amides is 1. The highest BCUT2D eigenvalue weighted by molar-refractivity contribution is 7.19. The number of Topliss-reactive ketones (excluding diaryl/α,β-unsaturated/α-hetero) is 1. The quantitative estimate of drug-likeness (QED) is 0.336. The van der Waals surface area contributed by atoms with Gasteiger partial charge in [-0.3, -0.25) is 9.59 Å². The predicted molar refractivity (Wildman–Crippen MR) is 142 cm³/mol. The van der Waals surface area contributed by atoms with Crippen LogP contribution in [0.4, 0.5) is 0 Å². The van der Waals surface area contributed by atoms with Gasteiger partial charge in [0, 0.05) is 29.6 Å². The Hall–Kier alpha value is -3.18. The van der Waals surface area contributed by atoms with E-state index in [9.17, 15) is 9.59 Å². The number of thiophene rings is 1. The Labute approximate surface area is 210 Å². The van der Waals surface area contributed by atoms with E-state index in [-0.39, 0.29) is 17.9 Å². The van der Waals surface area contributed by atoms with Gasteiger partial charge in [0.05, 0.1) is 15.8 Å². The zero-order valence-electron chi connectivity index (χ0n) is 20.2. The summed E-state index contributed by atoms with van der Waals surface area (Å²) < 4.78 is 3.36. The van der Waals surface area contributed by atoms with Gasteiger partial charge >= 0.3 is 0 Å². The molecule has 2 aromatic heterocycles. The summed E-state index contributed by atoms with van der Waals surface area (Å²) in [6.07, 6.45) is 6.11. The van der Waals surface area contributed by atoms with Gasteiger partial charge < -0.3 is 9.88 Å². The number of nitrogens with zero attached hydrogens (tertiary/aromatic N) is 1. The van der Waals surface area contributed by atoms with Gasteiger partial charge in [-0.1, -0.05) is 54.6 Å². The number of hydrogen-bond acceptors (Lipinski definition) is 3. The van der Waals surface area contributed by atoms with Gasteiger partial charge in [-0.25, -0.2) is 0 Å². The molecule has 0 atom stereocenters. The highest BCUT2D eigenvalue weighted by atomic mass is 32.1. The average molecular weight is 483 g/mol. The zero-order chi connectivity index (χ0) is 24.2. The van der Waals surface area contributed by atoms with E-state index in [0.717, 1.165) is 52.9 Å². The molecule has 5 heteroatoms. The fourth-order valence-corrected chi connectivity index (χ4v) is 7.23. The highest BCUT2D eigenvalue weighted by Crippen LogP contribution is 2.58. The minimum atomic E-state index is 0.0374. The lowest BCUT2D eigenvalue weighted by molar-refractivity contribution is -0.134. The maximum atomic E-state index is 13.4. The Kier molecular flexibility index (Phi) is 5.41. The van der Waals surface area contributed by atoms with E-state index in [1.165, 1.54) is 16.7 Å². The molecule has 2 aliphatic rings. The third-order valence-electron chi connectivity index (χ3n) is 8.05. The molecular weight excluding hydrogens is 452 g/mol. The third-order valence-corrected chi connectivity index (χ3v) is 9.11. The predicted octanol–water partition coefficient (Wildman–Crippen LogP) is 6.60. The lowest BCUT2D eigenvalue weighted by atomic mass is 9.49. The second-order valence-electron chi connectivity index (χ2n) is 10.5. The summed E-state index contributed by atoms with van der Waals surface area (Å²) in [5, 5.41) is 3.30. The molecule has 1 spiro atoms. The van der Waals surface area contributed by atoms with Gasteiger partial charge in [-0.2, -0.15) is 0 Å². The van der Waals surface area contributed by atoms with Crippen LogP contribution < -0.4 is 5.32 Å². The van der Waals surface area contributed by atoms with Crippen LogP contribution in [0.25, 0.3) is 21.3 Å². The van der Waals surface area contributed by atoms with Crippen LogP contribution in [0.2, 0.25) is 0 Å². The Balaban J connectivity index is 1.17. The van der Waals surface area contributed by atoms with Crippen LogP contribution in [0.15, 0.2) is 66.9 Å². The smallest absolute Gasteiger partial charge is 0.254 e. The number of nitrogens with one attached hydrogen (secondary N) is 1. The molecule has 2 fully saturated rings. The number of ketones is 1. The van der Waals surface area contributed by atoms with Crippen molar-refractivity contribution in [3.63, 3.8) is 0 Å². The second kappa shape index (κ2) is 8.49. The lowest BCUT2D eigenvalue weighted by Crippen LogP contribution is -2.57. The number of benzene rings is 2. The molecule has 1 amide bonds. The minimum absolute atomic E-state index is 0.0374. The van der Waals surface area contributed by atoms with Crippen LogP contribution in [-0.4, -0.2) is 22.3 Å². The van der Waals surface area contributed by atoms with E-state index in [4.69, 9.17) is 0 Å². The van der Waals surface area contributed by atoms with E-state index in [1.54, 1.807) is 18.3 Å². The van der Waals surface area contributed by atoms with Crippen molar-refractivity contribution in [2.75, 3.05) is 0 Å². The molecule has 2 saturated carbocycles. The van der Waals surface area contributed by atoms with Crippen molar-refractivity contribution < 1.29 is 9.59 Å². The van der Waals surface area contributed by atoms with Gasteiger partial charge in [0.2, 0.25) is 0 Å². The Bertz CT molecular complexity index is 1400. The van der Waals surface area contributed by atoms with Gasteiger partial charge in [0.25, 0.3) is 5.91 Å². The average Bonchev–Trinajstić information content (AvgIpc) is 3.33. The fourth-order valence-electron chi connectivity index (χ4n) is 6.17. The normalized spacial score (nSPS) is 23.1. The van der Waals surface area contributed by atoms with Gasteiger partial charge in [0.1, 0.15) is 5.78 Å². The Morgan fingerprint density at radius 2 is 1.66 bits per heavy atom. The topological polar surface area (TPSA) is 51.1 Å². The molecule has 6 rings (SSSR count). The summed E-state index contributed by atoms with van der Waals surface area (Å²) >= 11 is 1.69. The van der Waals surface area contributed by atoms with Crippen molar-refractivity contribution in [3.05, 3.63) is 82.9 Å². The first-order chi connectivity index (χ1) is 16.9. The second-order valence-corrected chi connectivity index (χ2v) is 11.8. The molecule has 2 aromatic carbocycles. The lowest BCUT2D eigenvalue weighted by Gasteiger charge is -2.57. The van der Waals surface area contributed by atoms with E-state index < -0.39 is 0 Å². The summed E-state index contributed by atoms with van der Waals surface area (Å²) in [5.41, 5.74) is 5.78. The first kappa shape index (κ1) is 22.3. The van der Waals surface area contributed by atoms with E-state index in [1.807, 2.05) is 13.0 Å². The molecule has 178 valence electrons. The van der Waals surface area contributed by atoms with Crippen molar-refractivity contribution in [2.24, 2.45) is 11.3 Å². The number of aryl methyl sites for hydroxylation is 1. The van der Waals surface area contributed by atoms with Gasteiger partial charge in [0.15, 0.2) is 0 Å². The molecule has 4 nitrogen and oxygen atoms in total. The molecule has 0 saturated heterocycles. The van der Waals surface area contributed by atoms with Crippen LogP contribution in [-0.2, 0) is 11.3 Å². The number of carbonyl (C=O) groups excluding carboxylic acids is 2. The Morgan fingerprint density at radius 3 is 2.34 bits per heavy atom. The maximum absolute atomic E-state index is 13.4. The van der Waals surface area contributed by atoms with Crippen LogP contribution in [0.3, 0.4) is 0 Å². The molecule has 0 radical (unpaired) electrons. The molecule has 0 unspecified atom stereocenters. The molecule has 0 aliphatic heterocycles. The van der Waals surface area contributed by atoms with Crippen molar-refractivity contribution in [3.8, 4) is 11.1 Å². The zero-order valence-corrected chi connectivity index (χ0v) is 21.0. The number of rotatable bonds is 6. The summed E-state index contributed by atoms with van der Waals surface area (Å²) in [7, 11) is 0. The minimum Gasteiger partial charge on any atom is -0.349 e. The number of hydrogen-bond donors (Lipinski definition) is 1. The third kappa shape index (κ3) is 4.02. The molecular formula is C30H30N2O2S. The van der Waals surface area contributed by atoms with E-state index in [2.05, 4.69) is 70.7 Å². The van der Waals surface area contributed by atoms with Crippen molar-refractivity contribution >= 4 is 33.2 Å². The monoisotopic (exact) mass is 482 g/mol. The number of aromatic nitrogens is 1. The molecule has 0 bridgehead atoms. The standard InChI is InChI=1S/C30H30N2O2S/c1-19(33)24-14-30(15-24)16-25(17-30)31-29(34)27-20(2)35-26-12-13-32(28(26)27)18-21-8-10-23(11-9-21)22-6-4-3-5-7-22/h3-13,24-25H,14-18H2,1-2H3,(H,31,34)/t24-,25-,30?. The van der Waals surface area contributed by atoms with Crippen LogP contribution in [0, 0.1) is 18.3 Å².